The summed E-state index contributed by atoms with van der Waals surface area (Å²) in [6, 6.07) is 17.6. The maximum absolute atomic E-state index is 15.5. The molecule has 6 atom stereocenters. The number of hydrogen-bond acceptors (Lipinski definition) is 7. The van der Waals surface area contributed by atoms with Gasteiger partial charge in [0.05, 0.1) is 33.8 Å². The van der Waals surface area contributed by atoms with Crippen molar-refractivity contribution in [2.45, 2.75) is 68.5 Å². The van der Waals surface area contributed by atoms with Crippen LogP contribution in [0.4, 0.5) is 19.0 Å². The normalized spacial score (nSPS) is 28.0. The molecule has 0 spiro atoms. The van der Waals surface area contributed by atoms with Crippen molar-refractivity contribution < 1.29 is 37.5 Å². The van der Waals surface area contributed by atoms with Gasteiger partial charge in [-0.25, -0.2) is 4.98 Å². The second-order valence-electron chi connectivity index (χ2n) is 15.5. The lowest BCUT2D eigenvalue weighted by Crippen LogP contribution is -2.53. The lowest BCUT2D eigenvalue weighted by molar-refractivity contribution is -0.144. The third kappa shape index (κ3) is 5.39. The molecule has 3 aromatic carbocycles. The maximum Gasteiger partial charge on any atom is 0.417 e. The first kappa shape index (κ1) is 36.7. The van der Waals surface area contributed by atoms with Gasteiger partial charge in [-0.15, -0.1) is 0 Å². The van der Waals surface area contributed by atoms with Crippen LogP contribution in [0.2, 0.25) is 10.0 Å². The van der Waals surface area contributed by atoms with Gasteiger partial charge in [-0.1, -0.05) is 96.6 Å². The molecule has 3 aliphatic carbocycles. The number of aromatic nitrogens is 1. The minimum atomic E-state index is -4.75. The molecule has 288 valence electrons. The minimum absolute atomic E-state index is 0.00783. The van der Waals surface area contributed by atoms with Crippen molar-refractivity contribution in [1.29, 1.82) is 0 Å². The first-order valence-electron chi connectivity index (χ1n) is 18.7. The highest BCUT2D eigenvalue weighted by atomic mass is 35.5. The van der Waals surface area contributed by atoms with E-state index >= 15 is 9.59 Å². The van der Waals surface area contributed by atoms with E-state index in [1.807, 2.05) is 24.3 Å². The van der Waals surface area contributed by atoms with Crippen LogP contribution in [0.1, 0.15) is 67.6 Å². The summed E-state index contributed by atoms with van der Waals surface area (Å²) in [5.41, 5.74) is 1.18. The second kappa shape index (κ2) is 13.3. The van der Waals surface area contributed by atoms with Gasteiger partial charge in [-0.3, -0.25) is 29.5 Å². The van der Waals surface area contributed by atoms with Crippen LogP contribution in [0.5, 0.6) is 5.75 Å². The Morgan fingerprint density at radius 1 is 0.875 bits per heavy atom. The summed E-state index contributed by atoms with van der Waals surface area (Å²) in [5, 5.41) is 13.9. The quantitative estimate of drug-likeness (QED) is 0.153. The highest BCUT2D eigenvalue weighted by Gasteiger charge is 2.71. The summed E-state index contributed by atoms with van der Waals surface area (Å²) in [4.78, 5) is 64.6. The molecule has 2 saturated carbocycles. The number of phenols is 1. The number of carbonyl (C=O) groups is 4. The fourth-order valence-electron chi connectivity index (χ4n) is 10.4. The molecule has 0 unspecified atom stereocenters. The average Bonchev–Trinajstić information content (AvgIpc) is 3.56. The van der Waals surface area contributed by atoms with Crippen molar-refractivity contribution in [1.82, 2.24) is 14.9 Å². The number of nitrogens with zero attached hydrogens (tertiary/aromatic N) is 3. The molecule has 4 aromatic rings. The van der Waals surface area contributed by atoms with Gasteiger partial charge in [0.15, 0.2) is 5.82 Å². The molecule has 2 saturated heterocycles. The molecule has 56 heavy (non-hydrogen) atoms. The molecule has 0 bridgehead atoms. The highest BCUT2D eigenvalue weighted by molar-refractivity contribution is 6.33. The number of hydrogen-bond donors (Lipinski definition) is 2. The number of carbonyl (C=O) groups excluding carboxylic acids is 4. The Morgan fingerprint density at radius 2 is 1.61 bits per heavy atom. The summed E-state index contributed by atoms with van der Waals surface area (Å²) in [6.45, 7) is 0. The van der Waals surface area contributed by atoms with Crippen molar-refractivity contribution in [2.75, 3.05) is 5.43 Å². The smallest absolute Gasteiger partial charge is 0.417 e. The van der Waals surface area contributed by atoms with Crippen LogP contribution < -0.4 is 5.43 Å². The number of likely N-dealkylation sites (tertiary alicyclic amines) is 1. The van der Waals surface area contributed by atoms with Gasteiger partial charge >= 0.3 is 6.18 Å². The molecule has 9 nitrogen and oxygen atoms in total. The predicted molar refractivity (Wildman–Crippen MR) is 201 cm³/mol. The molecular formula is C42H35Cl2F3N4O5. The third-order valence-corrected chi connectivity index (χ3v) is 13.3. The molecule has 2 N–H and O–H groups in total. The first-order chi connectivity index (χ1) is 26.8. The van der Waals surface area contributed by atoms with Gasteiger partial charge in [0.1, 0.15) is 5.75 Å². The molecule has 1 aromatic heterocycles. The number of pyridine rings is 1. The number of phenolic OH excluding ortho intramolecular Hbond substituents is 1. The monoisotopic (exact) mass is 802 g/mol. The summed E-state index contributed by atoms with van der Waals surface area (Å²) in [6.07, 6.45) is 2.26. The van der Waals surface area contributed by atoms with Crippen LogP contribution in [0, 0.1) is 23.7 Å². The Labute approximate surface area is 329 Å². The van der Waals surface area contributed by atoms with Crippen LogP contribution in [-0.4, -0.2) is 49.7 Å². The SMILES string of the molecule is O=C1[C@@H]2C[C@@H]3C(=CC[C@@H]4C(=O)N(C5CCCCC5)C(=O)[C@@H]43)[C@H](c3c(O)ccc4ccccc34)[C@]2(c2ccc(Cl)cc2)C(=O)N1Nc1ncc(C(F)(F)F)cc1Cl. The number of aromatic hydroxyl groups is 1. The van der Waals surface area contributed by atoms with E-state index < -0.39 is 63.6 Å². The second-order valence-corrected chi connectivity index (χ2v) is 16.3. The van der Waals surface area contributed by atoms with Gasteiger partial charge in [0, 0.05) is 28.7 Å². The van der Waals surface area contributed by atoms with E-state index in [1.54, 1.807) is 36.4 Å². The number of alkyl halides is 3. The number of benzene rings is 3. The van der Waals surface area contributed by atoms with Crippen molar-refractivity contribution >= 4 is 63.4 Å². The van der Waals surface area contributed by atoms with Gasteiger partial charge in [0.2, 0.25) is 11.8 Å². The summed E-state index contributed by atoms with van der Waals surface area (Å²) in [7, 11) is 0. The number of halogens is 5. The van der Waals surface area contributed by atoms with Gasteiger partial charge in [-0.2, -0.15) is 18.2 Å². The van der Waals surface area contributed by atoms with E-state index in [-0.39, 0.29) is 42.3 Å². The Bertz CT molecular complexity index is 2360. The summed E-state index contributed by atoms with van der Waals surface area (Å²) < 4.78 is 40.6. The zero-order chi connectivity index (χ0) is 39.3. The third-order valence-electron chi connectivity index (χ3n) is 12.8. The standard InChI is InChI=1S/C42H35Cl2F3N4O5/c43-24-13-11-22(12-14-24)41-30(38(54)51(40(41)56)49-36-31(44)18-23(20-48-36)42(45,46)47)19-29-27(35(41)34-26-9-5-4-6-21(26)10-17-32(34)52)15-16-28-33(29)39(55)50(37(28)53)25-7-2-1-3-8-25/h4-6,9-15,17-18,20,25,28-30,33,35,52H,1-3,7-8,16,19H2,(H,48,49)/t28-,29+,30-,33-,35+,41+/m0/s1. The van der Waals surface area contributed by atoms with Crippen LogP contribution in [0.15, 0.2) is 84.6 Å². The number of allylic oxidation sites excluding steroid dienone is 2. The number of imide groups is 2. The van der Waals surface area contributed by atoms with Crippen molar-refractivity contribution in [3.05, 3.63) is 111 Å². The fraction of sp³-hybridized carbons (Fsp3) is 0.357. The van der Waals surface area contributed by atoms with Crippen molar-refractivity contribution in [3.8, 4) is 5.75 Å². The number of amides is 4. The minimum Gasteiger partial charge on any atom is -0.508 e. The predicted octanol–water partition coefficient (Wildman–Crippen LogP) is 8.58. The molecule has 2 aliphatic heterocycles. The van der Waals surface area contributed by atoms with Crippen LogP contribution in [0.3, 0.4) is 0 Å². The Balaban J connectivity index is 1.26. The Kier molecular flexibility index (Phi) is 8.73. The molecule has 14 heteroatoms. The highest BCUT2D eigenvalue weighted by Crippen LogP contribution is 2.65. The lowest BCUT2D eigenvalue weighted by atomic mass is 9.48. The van der Waals surface area contributed by atoms with E-state index in [1.165, 1.54) is 11.0 Å². The molecule has 0 radical (unpaired) electrons. The Morgan fingerprint density at radius 3 is 2.32 bits per heavy atom. The number of rotatable bonds is 5. The number of nitrogens with one attached hydrogen (secondary N) is 1. The van der Waals surface area contributed by atoms with Crippen molar-refractivity contribution in [3.63, 3.8) is 0 Å². The molecule has 4 fully saturated rings. The zero-order valence-electron chi connectivity index (χ0n) is 29.7. The first-order valence-corrected chi connectivity index (χ1v) is 19.5. The van der Waals surface area contributed by atoms with Crippen LogP contribution in [-0.2, 0) is 30.8 Å². The van der Waals surface area contributed by atoms with E-state index in [0.717, 1.165) is 42.5 Å². The molecule has 3 heterocycles. The van der Waals surface area contributed by atoms with E-state index in [9.17, 15) is 27.9 Å². The molecular weight excluding hydrogens is 768 g/mol. The molecule has 5 aliphatic rings. The molecule has 9 rings (SSSR count). The Hall–Kier alpha value is -4.94. The number of hydrazine groups is 1. The number of anilines is 1. The van der Waals surface area contributed by atoms with Gasteiger partial charge in [0.25, 0.3) is 11.8 Å². The zero-order valence-corrected chi connectivity index (χ0v) is 31.2. The van der Waals surface area contributed by atoms with Gasteiger partial charge < -0.3 is 5.11 Å². The number of fused-ring (bicyclic) bond motifs is 5. The summed E-state index contributed by atoms with van der Waals surface area (Å²) in [5.74, 6) is -6.85. The van der Waals surface area contributed by atoms with E-state index in [4.69, 9.17) is 23.2 Å². The van der Waals surface area contributed by atoms with Crippen LogP contribution >= 0.6 is 23.2 Å². The largest absolute Gasteiger partial charge is 0.508 e. The lowest BCUT2D eigenvalue weighted by Gasteiger charge is -2.51. The van der Waals surface area contributed by atoms with E-state index in [2.05, 4.69) is 10.4 Å². The van der Waals surface area contributed by atoms with Crippen LogP contribution in [0.25, 0.3) is 10.8 Å². The van der Waals surface area contributed by atoms with E-state index in [0.29, 0.717) is 39.4 Å². The van der Waals surface area contributed by atoms with Crippen molar-refractivity contribution in [2.24, 2.45) is 23.7 Å². The fourth-order valence-corrected chi connectivity index (χ4v) is 10.7. The maximum atomic E-state index is 15.5. The average molecular weight is 804 g/mol. The summed E-state index contributed by atoms with van der Waals surface area (Å²) >= 11 is 12.7. The topological polar surface area (TPSA) is 120 Å². The molecule has 4 amide bonds. The van der Waals surface area contributed by atoms with Gasteiger partial charge in [-0.05, 0) is 72.2 Å².